The van der Waals surface area contributed by atoms with Crippen molar-refractivity contribution in [1.29, 1.82) is 0 Å². The van der Waals surface area contributed by atoms with Crippen molar-refractivity contribution in [3.05, 3.63) is 59.4 Å². The number of esters is 1. The Morgan fingerprint density at radius 2 is 2.08 bits per heavy atom. The molecule has 26 heavy (non-hydrogen) atoms. The van der Waals surface area contributed by atoms with Crippen molar-refractivity contribution in [2.45, 2.75) is 31.4 Å². The molecule has 1 saturated heterocycles. The molecular weight excluding hydrogens is 332 g/mol. The molecule has 2 aliphatic rings. The highest BCUT2D eigenvalue weighted by Crippen LogP contribution is 2.40. The summed E-state index contributed by atoms with van der Waals surface area (Å²) in [5, 5.41) is 0. The van der Waals surface area contributed by atoms with Crippen LogP contribution in [-0.2, 0) is 22.5 Å². The molecule has 1 unspecified atom stereocenters. The Balaban J connectivity index is 1.52. The van der Waals surface area contributed by atoms with Gasteiger partial charge in [0.15, 0.2) is 5.60 Å². The number of carbonyl (C=O) groups is 2. The number of aryl methyl sites for hydroxylation is 1. The molecule has 1 atom stereocenters. The van der Waals surface area contributed by atoms with Crippen molar-refractivity contribution in [3.8, 4) is 5.75 Å². The van der Waals surface area contributed by atoms with Gasteiger partial charge in [0.25, 0.3) is 5.91 Å². The van der Waals surface area contributed by atoms with Gasteiger partial charge in [-0.15, -0.1) is 0 Å². The molecule has 0 aliphatic carbocycles. The fraction of sp³-hybridized carbons (Fsp3) is 0.350. The van der Waals surface area contributed by atoms with E-state index in [1.54, 1.807) is 30.6 Å². The third-order valence-electron chi connectivity index (χ3n) is 5.17. The largest absolute Gasteiger partial charge is 0.477 e. The Kier molecular flexibility index (Phi) is 4.11. The molecule has 1 amide bonds. The van der Waals surface area contributed by atoms with E-state index in [2.05, 4.69) is 4.98 Å². The summed E-state index contributed by atoms with van der Waals surface area (Å²) in [5.74, 6) is 0.355. The molecule has 0 radical (unpaired) electrons. The van der Waals surface area contributed by atoms with Crippen molar-refractivity contribution >= 4 is 11.9 Å². The summed E-state index contributed by atoms with van der Waals surface area (Å²) in [6.07, 6.45) is 5.47. The molecule has 1 spiro atoms. The number of hydrogen-bond acceptors (Lipinski definition) is 5. The average molecular weight is 352 g/mol. The van der Waals surface area contributed by atoms with Crippen molar-refractivity contribution in [3.63, 3.8) is 0 Å². The van der Waals surface area contributed by atoms with Gasteiger partial charge in [-0.1, -0.05) is 0 Å². The van der Waals surface area contributed by atoms with Crippen molar-refractivity contribution < 1.29 is 19.1 Å². The van der Waals surface area contributed by atoms with Crippen LogP contribution in [0.5, 0.6) is 5.75 Å². The van der Waals surface area contributed by atoms with Gasteiger partial charge in [0.05, 0.1) is 12.7 Å². The number of likely N-dealkylation sites (tertiary alicyclic amines) is 1. The van der Waals surface area contributed by atoms with Gasteiger partial charge in [0.2, 0.25) is 0 Å². The number of amides is 1. The predicted molar refractivity (Wildman–Crippen MR) is 93.7 cm³/mol. The summed E-state index contributed by atoms with van der Waals surface area (Å²) in [4.78, 5) is 30.6. The molecule has 2 aromatic rings. The fourth-order valence-electron chi connectivity index (χ4n) is 3.72. The first-order chi connectivity index (χ1) is 12.6. The number of hydrogen-bond donors (Lipinski definition) is 0. The normalized spacial score (nSPS) is 21.4. The van der Waals surface area contributed by atoms with E-state index in [0.717, 1.165) is 11.1 Å². The number of fused-ring (bicyclic) bond motifs is 1. The Morgan fingerprint density at radius 1 is 1.27 bits per heavy atom. The first-order valence-electron chi connectivity index (χ1n) is 8.70. The number of carbonyl (C=O) groups excluding carboxylic acids is 2. The number of ether oxygens (including phenoxy) is 2. The summed E-state index contributed by atoms with van der Waals surface area (Å²) in [6.45, 7) is 1.25. The molecule has 6 heteroatoms. The van der Waals surface area contributed by atoms with Gasteiger partial charge in [-0.05, 0) is 47.9 Å². The number of rotatable bonds is 3. The van der Waals surface area contributed by atoms with Crippen LogP contribution in [0.25, 0.3) is 0 Å². The number of nitrogens with zero attached hydrogens (tertiary/aromatic N) is 2. The minimum Gasteiger partial charge on any atom is -0.477 e. The highest BCUT2D eigenvalue weighted by atomic mass is 16.5. The van der Waals surface area contributed by atoms with Crippen LogP contribution in [0, 0.1) is 0 Å². The van der Waals surface area contributed by atoms with Gasteiger partial charge in [0.1, 0.15) is 5.75 Å². The lowest BCUT2D eigenvalue weighted by Gasteiger charge is -2.34. The maximum atomic E-state index is 13.0. The van der Waals surface area contributed by atoms with Crippen LogP contribution >= 0.6 is 0 Å². The highest BCUT2D eigenvalue weighted by molar-refractivity contribution is 5.90. The number of methoxy groups -OCH3 is 1. The van der Waals surface area contributed by atoms with Crippen LogP contribution in [0.15, 0.2) is 42.7 Å². The van der Waals surface area contributed by atoms with Crippen molar-refractivity contribution in [1.82, 2.24) is 9.88 Å². The molecule has 0 saturated carbocycles. The summed E-state index contributed by atoms with van der Waals surface area (Å²) < 4.78 is 10.9. The second kappa shape index (κ2) is 6.44. The Hall–Kier alpha value is -2.89. The lowest BCUT2D eigenvalue weighted by molar-refractivity contribution is -0.142. The molecule has 134 valence electrons. The number of pyridine rings is 1. The smallest absolute Gasteiger partial charge is 0.337 e. The summed E-state index contributed by atoms with van der Waals surface area (Å²) >= 11 is 0. The van der Waals surface area contributed by atoms with E-state index < -0.39 is 5.60 Å². The van der Waals surface area contributed by atoms with E-state index in [1.165, 1.54) is 7.11 Å². The number of aromatic nitrogens is 1. The van der Waals surface area contributed by atoms with Crippen LogP contribution in [0.3, 0.4) is 0 Å². The fourth-order valence-corrected chi connectivity index (χ4v) is 3.72. The minimum atomic E-state index is -0.785. The first-order valence-corrected chi connectivity index (χ1v) is 8.70. The van der Waals surface area contributed by atoms with Crippen molar-refractivity contribution in [2.75, 3.05) is 13.7 Å². The van der Waals surface area contributed by atoms with E-state index >= 15 is 0 Å². The van der Waals surface area contributed by atoms with Crippen molar-refractivity contribution in [2.24, 2.45) is 0 Å². The van der Waals surface area contributed by atoms with Crippen LogP contribution in [0.1, 0.15) is 34.3 Å². The van der Waals surface area contributed by atoms with E-state index in [-0.39, 0.29) is 11.9 Å². The zero-order valence-corrected chi connectivity index (χ0v) is 14.6. The topological polar surface area (TPSA) is 68.7 Å². The standard InChI is InChI=1S/C20H20N2O4/c1-25-18(23)16-2-3-17-15(12-16)4-7-20(26-17)8-11-22(19(20)24)13-14-5-9-21-10-6-14/h2-3,5-6,9-10,12H,4,7-8,11,13H2,1H3. The van der Waals surface area contributed by atoms with E-state index in [9.17, 15) is 9.59 Å². The molecule has 1 aromatic carbocycles. The summed E-state index contributed by atoms with van der Waals surface area (Å²) in [6, 6.07) is 9.08. The van der Waals surface area contributed by atoms with Crippen LogP contribution < -0.4 is 4.74 Å². The Labute approximate surface area is 151 Å². The van der Waals surface area contributed by atoms with E-state index in [4.69, 9.17) is 9.47 Å². The molecule has 4 rings (SSSR count). The third kappa shape index (κ3) is 2.81. The van der Waals surface area contributed by atoms with Gasteiger partial charge < -0.3 is 14.4 Å². The van der Waals surface area contributed by atoms with Gasteiger partial charge in [-0.3, -0.25) is 9.78 Å². The molecule has 1 aromatic heterocycles. The first kappa shape index (κ1) is 16.6. The van der Waals surface area contributed by atoms with E-state index in [0.29, 0.717) is 43.7 Å². The minimum absolute atomic E-state index is 0.0389. The van der Waals surface area contributed by atoms with Gasteiger partial charge in [-0.2, -0.15) is 0 Å². The number of benzene rings is 1. The van der Waals surface area contributed by atoms with Gasteiger partial charge >= 0.3 is 5.97 Å². The highest BCUT2D eigenvalue weighted by Gasteiger charge is 2.50. The third-order valence-corrected chi connectivity index (χ3v) is 5.17. The molecule has 6 nitrogen and oxygen atoms in total. The second-order valence-electron chi connectivity index (χ2n) is 6.74. The van der Waals surface area contributed by atoms with Gasteiger partial charge in [-0.25, -0.2) is 4.79 Å². The summed E-state index contributed by atoms with van der Waals surface area (Å²) in [5.41, 5.74) is 1.72. The molecule has 1 fully saturated rings. The molecule has 0 N–H and O–H groups in total. The van der Waals surface area contributed by atoms with Crippen LogP contribution in [0.4, 0.5) is 0 Å². The zero-order valence-electron chi connectivity index (χ0n) is 14.6. The zero-order chi connectivity index (χ0) is 18.1. The lowest BCUT2D eigenvalue weighted by Crippen LogP contribution is -2.47. The quantitative estimate of drug-likeness (QED) is 0.793. The molecule has 3 heterocycles. The lowest BCUT2D eigenvalue weighted by atomic mass is 9.89. The second-order valence-corrected chi connectivity index (χ2v) is 6.74. The predicted octanol–water partition coefficient (Wildman–Crippen LogP) is 2.36. The van der Waals surface area contributed by atoms with Crippen LogP contribution in [0.2, 0.25) is 0 Å². The summed E-state index contributed by atoms with van der Waals surface area (Å²) in [7, 11) is 1.36. The molecule has 0 bridgehead atoms. The van der Waals surface area contributed by atoms with Gasteiger partial charge in [0, 0.05) is 38.3 Å². The maximum Gasteiger partial charge on any atom is 0.337 e. The maximum absolute atomic E-state index is 13.0. The average Bonchev–Trinajstić information content (AvgIpc) is 2.97. The Morgan fingerprint density at radius 3 is 2.85 bits per heavy atom. The monoisotopic (exact) mass is 352 g/mol. The Bertz CT molecular complexity index is 852. The molecular formula is C20H20N2O4. The molecule has 2 aliphatic heterocycles. The van der Waals surface area contributed by atoms with Crippen LogP contribution in [-0.4, -0.2) is 41.0 Å². The SMILES string of the molecule is COC(=O)c1ccc2c(c1)CCC1(CCN(Cc3ccncc3)C1=O)O2. The van der Waals surface area contributed by atoms with E-state index in [1.807, 2.05) is 17.0 Å².